The molecule has 1 amide bonds. The van der Waals surface area contributed by atoms with E-state index >= 15 is 0 Å². The summed E-state index contributed by atoms with van der Waals surface area (Å²) >= 11 is 1.27. The molecule has 5 aromatic rings. The first-order valence-electron chi connectivity index (χ1n) is 10.5. The van der Waals surface area contributed by atoms with Crippen LogP contribution in [0.15, 0.2) is 71.9 Å². The molecule has 0 aliphatic rings. The van der Waals surface area contributed by atoms with Gasteiger partial charge in [-0.1, -0.05) is 48.5 Å². The first kappa shape index (κ1) is 20.2. The first-order chi connectivity index (χ1) is 15.6. The molecule has 0 bridgehead atoms. The van der Waals surface area contributed by atoms with Crippen molar-refractivity contribution in [1.29, 1.82) is 0 Å². The molecule has 6 nitrogen and oxygen atoms in total. The third kappa shape index (κ3) is 3.71. The van der Waals surface area contributed by atoms with Crippen molar-refractivity contribution >= 4 is 38.4 Å². The molecule has 0 aliphatic heterocycles. The molecule has 7 heteroatoms. The van der Waals surface area contributed by atoms with Gasteiger partial charge in [0.2, 0.25) is 0 Å². The van der Waals surface area contributed by atoms with Gasteiger partial charge in [-0.3, -0.25) is 14.2 Å². The van der Waals surface area contributed by atoms with Crippen molar-refractivity contribution < 1.29 is 4.79 Å². The summed E-state index contributed by atoms with van der Waals surface area (Å²) in [5.74, 6) is -0.167. The van der Waals surface area contributed by atoms with Crippen LogP contribution in [-0.2, 0) is 13.0 Å². The molecule has 32 heavy (non-hydrogen) atoms. The number of benzene rings is 2. The number of aromatic amines is 1. The second kappa shape index (κ2) is 8.43. The zero-order chi connectivity index (χ0) is 22.1. The van der Waals surface area contributed by atoms with E-state index in [4.69, 9.17) is 0 Å². The van der Waals surface area contributed by atoms with Crippen LogP contribution in [-0.4, -0.2) is 27.0 Å². The lowest BCUT2D eigenvalue weighted by molar-refractivity contribution is 0.0957. The van der Waals surface area contributed by atoms with Crippen molar-refractivity contribution in [1.82, 2.24) is 19.9 Å². The molecule has 0 fully saturated rings. The average Bonchev–Trinajstić information content (AvgIpc) is 3.38. The Morgan fingerprint density at radius 1 is 1.12 bits per heavy atom. The first-order valence-corrected chi connectivity index (χ1v) is 11.3. The van der Waals surface area contributed by atoms with Crippen molar-refractivity contribution in [3.63, 3.8) is 0 Å². The number of fused-ring (bicyclic) bond motifs is 2. The van der Waals surface area contributed by atoms with Crippen LogP contribution in [0.25, 0.3) is 21.1 Å². The fraction of sp³-hybridized carbons (Fsp3) is 0.160. The monoisotopic (exact) mass is 442 g/mol. The van der Waals surface area contributed by atoms with Gasteiger partial charge in [0, 0.05) is 23.6 Å². The number of nitrogens with zero attached hydrogens (tertiary/aromatic N) is 2. The third-order valence-electron chi connectivity index (χ3n) is 5.67. The summed E-state index contributed by atoms with van der Waals surface area (Å²) in [6.07, 6.45) is 4.27. The maximum atomic E-state index is 13.1. The Bertz CT molecular complexity index is 1480. The Morgan fingerprint density at radius 3 is 2.75 bits per heavy atom. The molecule has 0 radical (unpaired) electrons. The van der Waals surface area contributed by atoms with Gasteiger partial charge in [-0.15, -0.1) is 11.3 Å². The Labute approximate surface area is 188 Å². The number of amides is 1. The molecule has 5 rings (SSSR count). The summed E-state index contributed by atoms with van der Waals surface area (Å²) in [6, 6.07) is 17.9. The third-order valence-corrected chi connectivity index (χ3v) is 6.87. The van der Waals surface area contributed by atoms with Crippen LogP contribution in [0.2, 0.25) is 0 Å². The summed E-state index contributed by atoms with van der Waals surface area (Å²) in [5, 5.41) is 4.69. The van der Waals surface area contributed by atoms with Crippen molar-refractivity contribution in [2.24, 2.45) is 0 Å². The number of aromatic nitrogens is 3. The Hall–Kier alpha value is -3.71. The van der Waals surface area contributed by atoms with Gasteiger partial charge in [0.1, 0.15) is 4.83 Å². The van der Waals surface area contributed by atoms with Gasteiger partial charge >= 0.3 is 0 Å². The largest absolute Gasteiger partial charge is 0.361 e. The standard InChI is InChI=1S/C25H22N4O2S/c1-16-21-24(28-15-29(25(21)31)14-17-7-3-2-4-8-17)32-22(16)23(30)26-12-11-18-13-27-20-10-6-5-9-19(18)20/h2-10,13,15,27H,11-12,14H2,1H3,(H,26,30). The van der Waals surface area contributed by atoms with Crippen LogP contribution < -0.4 is 10.9 Å². The second-order valence-electron chi connectivity index (χ2n) is 7.76. The lowest BCUT2D eigenvalue weighted by Crippen LogP contribution is -2.25. The van der Waals surface area contributed by atoms with Crippen LogP contribution in [0.1, 0.15) is 26.4 Å². The number of aryl methyl sites for hydroxylation is 1. The topological polar surface area (TPSA) is 79.8 Å². The molecule has 3 aromatic heterocycles. The van der Waals surface area contributed by atoms with Crippen LogP contribution in [0.5, 0.6) is 0 Å². The smallest absolute Gasteiger partial charge is 0.262 e. The summed E-state index contributed by atoms with van der Waals surface area (Å²) in [7, 11) is 0. The van der Waals surface area contributed by atoms with Crippen LogP contribution in [0.4, 0.5) is 0 Å². The minimum atomic E-state index is -0.167. The molecule has 3 heterocycles. The van der Waals surface area contributed by atoms with E-state index in [0.717, 1.165) is 17.5 Å². The van der Waals surface area contributed by atoms with Gasteiger partial charge in [-0.25, -0.2) is 4.98 Å². The predicted octanol–water partition coefficient (Wildman–Crippen LogP) is 4.27. The molecule has 0 atom stereocenters. The molecule has 2 aromatic carbocycles. The highest BCUT2D eigenvalue weighted by molar-refractivity contribution is 7.20. The lowest BCUT2D eigenvalue weighted by Gasteiger charge is -2.05. The number of hydrogen-bond donors (Lipinski definition) is 2. The normalized spacial score (nSPS) is 11.3. The van der Waals surface area contributed by atoms with Crippen LogP contribution in [0.3, 0.4) is 0 Å². The van der Waals surface area contributed by atoms with Gasteiger partial charge < -0.3 is 10.3 Å². The Morgan fingerprint density at radius 2 is 1.91 bits per heavy atom. The maximum Gasteiger partial charge on any atom is 0.262 e. The van der Waals surface area contributed by atoms with E-state index in [2.05, 4.69) is 21.4 Å². The van der Waals surface area contributed by atoms with E-state index in [0.29, 0.717) is 33.7 Å². The molecular weight excluding hydrogens is 420 g/mol. The maximum absolute atomic E-state index is 13.1. The number of H-pyrrole nitrogens is 1. The van der Waals surface area contributed by atoms with Gasteiger partial charge in [0.15, 0.2) is 0 Å². The zero-order valence-corrected chi connectivity index (χ0v) is 18.4. The molecular formula is C25H22N4O2S. The lowest BCUT2D eigenvalue weighted by atomic mass is 10.1. The molecule has 2 N–H and O–H groups in total. The van der Waals surface area contributed by atoms with Crippen LogP contribution in [0, 0.1) is 6.92 Å². The fourth-order valence-corrected chi connectivity index (χ4v) is 5.05. The van der Waals surface area contributed by atoms with E-state index in [-0.39, 0.29) is 11.5 Å². The van der Waals surface area contributed by atoms with Gasteiger partial charge in [0.05, 0.1) is 23.1 Å². The van der Waals surface area contributed by atoms with Crippen molar-refractivity contribution in [2.75, 3.05) is 6.54 Å². The highest BCUT2D eigenvalue weighted by Crippen LogP contribution is 2.27. The number of carbonyl (C=O) groups excluding carboxylic acids is 1. The van der Waals surface area contributed by atoms with Crippen molar-refractivity contribution in [3.8, 4) is 0 Å². The van der Waals surface area contributed by atoms with Crippen LogP contribution >= 0.6 is 11.3 Å². The van der Waals surface area contributed by atoms with E-state index in [9.17, 15) is 9.59 Å². The minimum absolute atomic E-state index is 0.120. The Kier molecular flexibility index (Phi) is 5.33. The van der Waals surface area contributed by atoms with Gasteiger partial charge in [-0.05, 0) is 36.1 Å². The number of hydrogen-bond acceptors (Lipinski definition) is 4. The SMILES string of the molecule is Cc1c(C(=O)NCCc2c[nH]c3ccccc23)sc2ncn(Cc3ccccc3)c(=O)c12. The number of nitrogens with one attached hydrogen (secondary N) is 2. The minimum Gasteiger partial charge on any atom is -0.361 e. The van der Waals surface area contributed by atoms with Gasteiger partial charge in [0.25, 0.3) is 11.5 Å². The van der Waals surface area contributed by atoms with E-state index in [1.165, 1.54) is 22.3 Å². The van der Waals surface area contributed by atoms with E-state index < -0.39 is 0 Å². The molecule has 0 aliphatic carbocycles. The summed E-state index contributed by atoms with van der Waals surface area (Å²) in [5.41, 5.74) is 3.85. The van der Waals surface area contributed by atoms with Crippen molar-refractivity contribution in [2.45, 2.75) is 19.9 Å². The van der Waals surface area contributed by atoms with Crippen molar-refractivity contribution in [3.05, 3.63) is 99.0 Å². The zero-order valence-electron chi connectivity index (χ0n) is 17.6. The molecule has 0 spiro atoms. The Balaban J connectivity index is 1.34. The summed E-state index contributed by atoms with van der Waals surface area (Å²) in [4.78, 5) is 34.8. The molecule has 0 unspecified atom stereocenters. The number of thiophene rings is 1. The van der Waals surface area contributed by atoms with E-state index in [1.54, 1.807) is 10.9 Å². The molecule has 0 saturated carbocycles. The summed E-state index contributed by atoms with van der Waals surface area (Å²) < 4.78 is 1.59. The second-order valence-corrected chi connectivity index (χ2v) is 8.76. The quantitative estimate of drug-likeness (QED) is 0.412. The number of para-hydroxylation sites is 1. The average molecular weight is 443 g/mol. The highest BCUT2D eigenvalue weighted by atomic mass is 32.1. The molecule has 0 saturated heterocycles. The predicted molar refractivity (Wildman–Crippen MR) is 128 cm³/mol. The summed E-state index contributed by atoms with van der Waals surface area (Å²) in [6.45, 7) is 2.79. The van der Waals surface area contributed by atoms with Gasteiger partial charge in [-0.2, -0.15) is 0 Å². The highest BCUT2D eigenvalue weighted by Gasteiger charge is 2.19. The number of rotatable bonds is 6. The fourth-order valence-electron chi connectivity index (χ4n) is 4.00. The molecule has 160 valence electrons. The van der Waals surface area contributed by atoms with E-state index in [1.807, 2.05) is 61.7 Å². The number of carbonyl (C=O) groups is 1.